The highest BCUT2D eigenvalue weighted by Crippen LogP contribution is 2.27. The van der Waals surface area contributed by atoms with Gasteiger partial charge in [-0.25, -0.2) is 0 Å². The Morgan fingerprint density at radius 3 is 2.52 bits per heavy atom. The molecule has 0 fully saturated rings. The predicted molar refractivity (Wildman–Crippen MR) is 88.7 cm³/mol. The molecule has 0 saturated heterocycles. The molecule has 0 aliphatic rings. The Labute approximate surface area is 128 Å². The third kappa shape index (κ3) is 2.83. The van der Waals surface area contributed by atoms with Gasteiger partial charge in [-0.3, -0.25) is 4.79 Å². The molecule has 0 unspecified atom stereocenters. The predicted octanol–water partition coefficient (Wildman–Crippen LogP) is 4.56. The van der Waals surface area contributed by atoms with Crippen LogP contribution in [0.2, 0.25) is 0 Å². The molecule has 1 amide bonds. The van der Waals surface area contributed by atoms with Gasteiger partial charge in [0.25, 0.3) is 5.91 Å². The smallest absolute Gasteiger partial charge is 0.255 e. The first-order valence-electron chi connectivity index (χ1n) is 7.09. The number of fused-ring (bicyclic) bond motifs is 1. The molecule has 0 bridgehead atoms. The second-order valence-corrected chi connectivity index (χ2v) is 5.86. The van der Waals surface area contributed by atoms with Gasteiger partial charge in [-0.2, -0.15) is 0 Å². The highest BCUT2D eigenvalue weighted by Gasteiger charge is 2.18. The number of carbonyl (C=O) groups excluding carboxylic acids is 1. The molecule has 0 saturated carbocycles. The largest absolute Gasteiger partial charge is 0.335 e. The van der Waals surface area contributed by atoms with Crippen molar-refractivity contribution in [3.05, 3.63) is 71.1 Å². The van der Waals surface area contributed by atoms with Gasteiger partial charge in [0, 0.05) is 28.6 Å². The van der Waals surface area contributed by atoms with Crippen molar-refractivity contribution in [2.24, 2.45) is 0 Å². The molecule has 0 aliphatic carbocycles. The van der Waals surface area contributed by atoms with E-state index in [0.717, 1.165) is 21.2 Å². The average Bonchev–Trinajstić information content (AvgIpc) is 2.97. The van der Waals surface area contributed by atoms with E-state index in [1.807, 2.05) is 53.6 Å². The lowest BCUT2D eigenvalue weighted by atomic mass is 10.1. The molecule has 0 N–H and O–H groups in total. The Kier molecular flexibility index (Phi) is 4.02. The summed E-state index contributed by atoms with van der Waals surface area (Å²) < 4.78 is 1.16. The van der Waals surface area contributed by atoms with Crippen LogP contribution in [0.15, 0.2) is 60.0 Å². The summed E-state index contributed by atoms with van der Waals surface area (Å²) in [6, 6.07) is 18.2. The van der Waals surface area contributed by atoms with Crippen molar-refractivity contribution in [1.29, 1.82) is 0 Å². The van der Waals surface area contributed by atoms with Gasteiger partial charge >= 0.3 is 0 Å². The first-order chi connectivity index (χ1) is 10.3. The van der Waals surface area contributed by atoms with Crippen molar-refractivity contribution in [1.82, 2.24) is 4.90 Å². The van der Waals surface area contributed by atoms with Crippen LogP contribution >= 0.6 is 11.3 Å². The normalized spacial score (nSPS) is 10.7. The van der Waals surface area contributed by atoms with Crippen molar-refractivity contribution < 1.29 is 4.79 Å². The molecular weight excluding hydrogens is 278 g/mol. The molecule has 1 heterocycles. The standard InChI is InChI=1S/C18H17NOS/c1-2-19(12-14-8-4-3-5-9-14)18(20)16-13-21-17-11-7-6-10-15(16)17/h3-11,13H,2,12H2,1H3. The monoisotopic (exact) mass is 295 g/mol. The van der Waals surface area contributed by atoms with E-state index < -0.39 is 0 Å². The zero-order valence-corrected chi connectivity index (χ0v) is 12.8. The van der Waals surface area contributed by atoms with Crippen LogP contribution in [-0.4, -0.2) is 17.4 Å². The summed E-state index contributed by atoms with van der Waals surface area (Å²) in [6.45, 7) is 3.38. The molecule has 0 spiro atoms. The van der Waals surface area contributed by atoms with Gasteiger partial charge in [0.2, 0.25) is 0 Å². The van der Waals surface area contributed by atoms with E-state index >= 15 is 0 Å². The van der Waals surface area contributed by atoms with Gasteiger partial charge < -0.3 is 4.90 Å². The molecule has 106 valence electrons. The quantitative estimate of drug-likeness (QED) is 0.690. The fourth-order valence-corrected chi connectivity index (χ4v) is 3.38. The van der Waals surface area contributed by atoms with Crippen LogP contribution in [0.25, 0.3) is 10.1 Å². The van der Waals surface area contributed by atoms with E-state index in [1.165, 1.54) is 0 Å². The van der Waals surface area contributed by atoms with Gasteiger partial charge in [0.1, 0.15) is 0 Å². The third-order valence-corrected chi connectivity index (χ3v) is 4.56. The first-order valence-corrected chi connectivity index (χ1v) is 7.97. The second kappa shape index (κ2) is 6.10. The molecule has 0 aliphatic heterocycles. The fourth-order valence-electron chi connectivity index (χ4n) is 2.44. The Morgan fingerprint density at radius 2 is 1.76 bits per heavy atom. The first kappa shape index (κ1) is 13.8. The second-order valence-electron chi connectivity index (χ2n) is 4.95. The number of carbonyl (C=O) groups is 1. The minimum Gasteiger partial charge on any atom is -0.335 e. The Hall–Kier alpha value is -2.13. The number of thiophene rings is 1. The Morgan fingerprint density at radius 1 is 1.05 bits per heavy atom. The van der Waals surface area contributed by atoms with E-state index in [4.69, 9.17) is 0 Å². The molecule has 3 heteroatoms. The summed E-state index contributed by atoms with van der Waals surface area (Å²) in [5.74, 6) is 0.110. The average molecular weight is 295 g/mol. The summed E-state index contributed by atoms with van der Waals surface area (Å²) in [6.07, 6.45) is 0. The van der Waals surface area contributed by atoms with Crippen LogP contribution in [0.1, 0.15) is 22.8 Å². The summed E-state index contributed by atoms with van der Waals surface area (Å²) in [5, 5.41) is 3.03. The van der Waals surface area contributed by atoms with E-state index in [9.17, 15) is 4.79 Å². The number of nitrogens with zero attached hydrogens (tertiary/aromatic N) is 1. The number of benzene rings is 2. The molecule has 3 rings (SSSR count). The number of hydrogen-bond donors (Lipinski definition) is 0. The highest BCUT2D eigenvalue weighted by atomic mass is 32.1. The summed E-state index contributed by atoms with van der Waals surface area (Å²) in [7, 11) is 0. The van der Waals surface area contributed by atoms with Crippen molar-refractivity contribution >= 4 is 27.3 Å². The van der Waals surface area contributed by atoms with E-state index in [-0.39, 0.29) is 5.91 Å². The number of hydrogen-bond acceptors (Lipinski definition) is 2. The molecule has 2 nitrogen and oxygen atoms in total. The molecular formula is C18H17NOS. The lowest BCUT2D eigenvalue weighted by Crippen LogP contribution is -2.30. The van der Waals surface area contributed by atoms with Gasteiger partial charge in [0.05, 0.1) is 5.56 Å². The third-order valence-electron chi connectivity index (χ3n) is 3.60. The lowest BCUT2D eigenvalue weighted by molar-refractivity contribution is 0.0755. The zero-order valence-electron chi connectivity index (χ0n) is 12.0. The van der Waals surface area contributed by atoms with Crippen LogP contribution in [0.3, 0.4) is 0 Å². The van der Waals surface area contributed by atoms with Gasteiger partial charge in [-0.1, -0.05) is 48.5 Å². The van der Waals surface area contributed by atoms with Crippen LogP contribution in [0.5, 0.6) is 0 Å². The van der Waals surface area contributed by atoms with Crippen molar-refractivity contribution in [2.75, 3.05) is 6.54 Å². The van der Waals surface area contributed by atoms with Crippen LogP contribution in [-0.2, 0) is 6.54 Å². The molecule has 3 aromatic rings. The Balaban J connectivity index is 1.88. The summed E-state index contributed by atoms with van der Waals surface area (Å²) >= 11 is 1.63. The summed E-state index contributed by atoms with van der Waals surface area (Å²) in [5.41, 5.74) is 1.97. The van der Waals surface area contributed by atoms with Crippen LogP contribution in [0.4, 0.5) is 0 Å². The maximum absolute atomic E-state index is 12.8. The maximum atomic E-state index is 12.8. The van der Waals surface area contributed by atoms with Gasteiger partial charge in [0.15, 0.2) is 0 Å². The van der Waals surface area contributed by atoms with Gasteiger partial charge in [-0.15, -0.1) is 11.3 Å². The van der Waals surface area contributed by atoms with Crippen LogP contribution < -0.4 is 0 Å². The van der Waals surface area contributed by atoms with Crippen molar-refractivity contribution in [2.45, 2.75) is 13.5 Å². The number of amides is 1. The Bertz CT molecular complexity index is 748. The lowest BCUT2D eigenvalue weighted by Gasteiger charge is -2.20. The molecule has 1 aromatic heterocycles. The van der Waals surface area contributed by atoms with Crippen molar-refractivity contribution in [3.8, 4) is 0 Å². The topological polar surface area (TPSA) is 20.3 Å². The highest BCUT2D eigenvalue weighted by molar-refractivity contribution is 7.17. The fraction of sp³-hybridized carbons (Fsp3) is 0.167. The number of rotatable bonds is 4. The van der Waals surface area contributed by atoms with E-state index in [2.05, 4.69) is 18.2 Å². The molecule has 2 aromatic carbocycles. The molecule has 0 atom stereocenters. The minimum absolute atomic E-state index is 0.110. The maximum Gasteiger partial charge on any atom is 0.255 e. The molecule has 21 heavy (non-hydrogen) atoms. The zero-order chi connectivity index (χ0) is 14.7. The molecule has 0 radical (unpaired) electrons. The minimum atomic E-state index is 0.110. The van der Waals surface area contributed by atoms with E-state index in [1.54, 1.807) is 11.3 Å². The SMILES string of the molecule is CCN(Cc1ccccc1)C(=O)c1csc2ccccc12. The van der Waals surface area contributed by atoms with Gasteiger partial charge in [-0.05, 0) is 18.6 Å². The van der Waals surface area contributed by atoms with Crippen molar-refractivity contribution in [3.63, 3.8) is 0 Å². The summed E-state index contributed by atoms with van der Waals surface area (Å²) in [4.78, 5) is 14.7. The van der Waals surface area contributed by atoms with E-state index in [0.29, 0.717) is 13.1 Å². The van der Waals surface area contributed by atoms with Crippen LogP contribution in [0, 0.1) is 0 Å².